The molecule has 2 aromatic rings. The number of pyridine rings is 1. The molecule has 1 saturated carbocycles. The van der Waals surface area contributed by atoms with Gasteiger partial charge in [0.2, 0.25) is 11.2 Å². The van der Waals surface area contributed by atoms with Crippen molar-refractivity contribution in [1.29, 1.82) is 0 Å². The van der Waals surface area contributed by atoms with Crippen LogP contribution in [0.15, 0.2) is 29.2 Å². The molecule has 0 bridgehead atoms. The van der Waals surface area contributed by atoms with E-state index >= 15 is 0 Å². The Hall–Kier alpha value is -3.24. The third-order valence-electron chi connectivity index (χ3n) is 6.26. The van der Waals surface area contributed by atoms with E-state index in [1.54, 1.807) is 28.0 Å². The lowest BCUT2D eigenvalue weighted by atomic mass is 9.75. The molecule has 0 atom stereocenters. The average Bonchev–Trinajstić information content (AvgIpc) is 2.83. The minimum atomic E-state index is -0.933. The molecular formula is C26H31ClFN3O6. The third-order valence-corrected chi connectivity index (χ3v) is 6.55. The van der Waals surface area contributed by atoms with Crippen LogP contribution in [0.4, 0.5) is 4.39 Å². The maximum atomic E-state index is 14.2. The second-order valence-corrected chi connectivity index (χ2v) is 9.96. The van der Waals surface area contributed by atoms with Gasteiger partial charge < -0.3 is 24.7 Å². The van der Waals surface area contributed by atoms with Gasteiger partial charge in [0, 0.05) is 45.6 Å². The van der Waals surface area contributed by atoms with Crippen LogP contribution in [0.5, 0.6) is 5.75 Å². The van der Waals surface area contributed by atoms with Gasteiger partial charge >= 0.3 is 5.97 Å². The molecule has 200 valence electrons. The summed E-state index contributed by atoms with van der Waals surface area (Å²) in [5.41, 5.74) is -1.43. The number of hydrogen-bond acceptors (Lipinski definition) is 6. The number of ether oxygens (including phenoxy) is 2. The Balaban J connectivity index is 1.82. The van der Waals surface area contributed by atoms with E-state index in [-0.39, 0.29) is 22.8 Å². The van der Waals surface area contributed by atoms with Crippen LogP contribution in [0.2, 0.25) is 5.02 Å². The number of halogens is 2. The van der Waals surface area contributed by atoms with Crippen molar-refractivity contribution < 1.29 is 28.2 Å². The zero-order valence-corrected chi connectivity index (χ0v) is 22.0. The number of methoxy groups -OCH3 is 1. The standard InChI is InChI=1S/C26H31ClFN3O6/c1-14(2)26(35)37-23-21(25(34)31(3)12-15-8-16(9-15)13-36-4)29-11-18(22(23)32)24(33)30-10-17-6-5-7-19(27)20(17)28/h5-7,11,14-16H,8-10,12-13H2,1-4H3,(H,29,32)(H,30,33). The van der Waals surface area contributed by atoms with Crippen LogP contribution in [0.1, 0.15) is 53.1 Å². The van der Waals surface area contributed by atoms with Crippen LogP contribution in [-0.2, 0) is 16.1 Å². The number of amides is 2. The number of rotatable bonds is 10. The number of carbonyl (C=O) groups is 3. The minimum absolute atomic E-state index is 0.101. The largest absolute Gasteiger partial charge is 0.420 e. The molecule has 1 aliphatic rings. The quantitative estimate of drug-likeness (QED) is 0.450. The van der Waals surface area contributed by atoms with Gasteiger partial charge in [0.15, 0.2) is 5.69 Å². The van der Waals surface area contributed by atoms with E-state index in [0.717, 1.165) is 19.0 Å². The number of carbonyl (C=O) groups excluding carboxylic acids is 3. The summed E-state index contributed by atoms with van der Waals surface area (Å²) in [6.07, 6.45) is 2.92. The van der Waals surface area contributed by atoms with Crippen molar-refractivity contribution in [2.45, 2.75) is 33.2 Å². The predicted molar refractivity (Wildman–Crippen MR) is 135 cm³/mol. The molecule has 0 spiro atoms. The van der Waals surface area contributed by atoms with E-state index < -0.39 is 46.3 Å². The number of aromatic nitrogens is 1. The molecule has 1 aromatic heterocycles. The van der Waals surface area contributed by atoms with Gasteiger partial charge in [0.1, 0.15) is 11.4 Å². The third kappa shape index (κ3) is 6.75. The lowest BCUT2D eigenvalue weighted by Gasteiger charge is -2.37. The average molecular weight is 536 g/mol. The van der Waals surface area contributed by atoms with Crippen molar-refractivity contribution in [3.8, 4) is 5.75 Å². The fourth-order valence-corrected chi connectivity index (χ4v) is 4.36. The zero-order valence-electron chi connectivity index (χ0n) is 21.2. The minimum Gasteiger partial charge on any atom is -0.420 e. The highest BCUT2D eigenvalue weighted by atomic mass is 35.5. The predicted octanol–water partition coefficient (Wildman–Crippen LogP) is 3.40. The highest BCUT2D eigenvalue weighted by molar-refractivity contribution is 6.30. The Morgan fingerprint density at radius 2 is 1.95 bits per heavy atom. The highest BCUT2D eigenvalue weighted by Gasteiger charge is 2.32. The number of esters is 1. The lowest BCUT2D eigenvalue weighted by molar-refractivity contribution is -0.137. The van der Waals surface area contributed by atoms with Gasteiger partial charge in [-0.25, -0.2) is 4.39 Å². The van der Waals surface area contributed by atoms with Crippen molar-refractivity contribution in [2.24, 2.45) is 17.8 Å². The van der Waals surface area contributed by atoms with Gasteiger partial charge in [0.05, 0.1) is 10.9 Å². The molecule has 0 saturated heterocycles. The van der Waals surface area contributed by atoms with E-state index in [0.29, 0.717) is 25.0 Å². The summed E-state index contributed by atoms with van der Waals surface area (Å²) in [6.45, 7) is 4.04. The van der Waals surface area contributed by atoms with Crippen LogP contribution < -0.4 is 15.5 Å². The Bertz CT molecular complexity index is 1230. The van der Waals surface area contributed by atoms with Gasteiger partial charge in [-0.3, -0.25) is 19.2 Å². The first-order valence-corrected chi connectivity index (χ1v) is 12.3. The van der Waals surface area contributed by atoms with E-state index in [1.807, 2.05) is 0 Å². The van der Waals surface area contributed by atoms with Crippen LogP contribution in [0, 0.1) is 23.6 Å². The fraction of sp³-hybridized carbons (Fsp3) is 0.462. The number of nitrogens with one attached hydrogen (secondary N) is 2. The molecule has 3 rings (SSSR count). The summed E-state index contributed by atoms with van der Waals surface area (Å²) in [6, 6.07) is 4.35. The molecule has 1 fully saturated rings. The van der Waals surface area contributed by atoms with E-state index in [1.165, 1.54) is 23.1 Å². The maximum absolute atomic E-state index is 14.2. The summed E-state index contributed by atoms with van der Waals surface area (Å²) < 4.78 is 24.6. The highest BCUT2D eigenvalue weighted by Crippen LogP contribution is 2.34. The van der Waals surface area contributed by atoms with E-state index in [4.69, 9.17) is 21.1 Å². The van der Waals surface area contributed by atoms with Gasteiger partial charge in [-0.05, 0) is 30.7 Å². The van der Waals surface area contributed by atoms with Gasteiger partial charge in [-0.15, -0.1) is 0 Å². The topological polar surface area (TPSA) is 118 Å². The summed E-state index contributed by atoms with van der Waals surface area (Å²) >= 11 is 5.77. The molecule has 37 heavy (non-hydrogen) atoms. The molecule has 1 heterocycles. The molecule has 11 heteroatoms. The second-order valence-electron chi connectivity index (χ2n) is 9.55. The first-order valence-electron chi connectivity index (χ1n) is 12.0. The Kier molecular flexibility index (Phi) is 9.45. The summed E-state index contributed by atoms with van der Waals surface area (Å²) in [4.78, 5) is 55.6. The van der Waals surface area contributed by atoms with Crippen LogP contribution in [0.25, 0.3) is 0 Å². The smallest absolute Gasteiger partial charge is 0.313 e. The van der Waals surface area contributed by atoms with E-state index in [9.17, 15) is 23.6 Å². The fourth-order valence-electron chi connectivity index (χ4n) is 4.17. The Morgan fingerprint density at radius 3 is 2.59 bits per heavy atom. The normalized spacial score (nSPS) is 16.7. The molecule has 2 N–H and O–H groups in total. The molecule has 1 aliphatic carbocycles. The van der Waals surface area contributed by atoms with Crippen molar-refractivity contribution >= 4 is 29.4 Å². The molecular weight excluding hydrogens is 505 g/mol. The van der Waals surface area contributed by atoms with Crippen LogP contribution in [-0.4, -0.2) is 55.0 Å². The summed E-state index contributed by atoms with van der Waals surface area (Å²) in [5, 5.41) is 2.35. The number of aromatic amines is 1. The number of nitrogens with zero attached hydrogens (tertiary/aromatic N) is 1. The van der Waals surface area contributed by atoms with Crippen molar-refractivity contribution in [1.82, 2.24) is 15.2 Å². The van der Waals surface area contributed by atoms with Gasteiger partial charge in [-0.2, -0.15) is 0 Å². The first-order chi connectivity index (χ1) is 17.5. The SMILES string of the molecule is COCC1CC(CN(C)C(=O)c2[nH]cc(C(=O)NCc3cccc(Cl)c3F)c(=O)c2OC(=O)C(C)C)C1. The monoisotopic (exact) mass is 535 g/mol. The van der Waals surface area contributed by atoms with Crippen LogP contribution >= 0.6 is 11.6 Å². The van der Waals surface area contributed by atoms with Crippen molar-refractivity contribution in [3.05, 3.63) is 62.3 Å². The zero-order chi connectivity index (χ0) is 27.3. The van der Waals surface area contributed by atoms with Gasteiger partial charge in [0.25, 0.3) is 11.8 Å². The second kappa shape index (κ2) is 12.3. The number of hydrogen-bond donors (Lipinski definition) is 2. The van der Waals surface area contributed by atoms with Gasteiger partial charge in [-0.1, -0.05) is 37.6 Å². The number of benzene rings is 1. The van der Waals surface area contributed by atoms with Crippen molar-refractivity contribution in [2.75, 3.05) is 27.3 Å². The molecule has 0 radical (unpaired) electrons. The lowest BCUT2D eigenvalue weighted by Crippen LogP contribution is -2.40. The van der Waals surface area contributed by atoms with Crippen LogP contribution in [0.3, 0.4) is 0 Å². The molecule has 0 unspecified atom stereocenters. The molecule has 2 amide bonds. The summed E-state index contributed by atoms with van der Waals surface area (Å²) in [7, 11) is 3.25. The summed E-state index contributed by atoms with van der Waals surface area (Å²) in [5.74, 6) is -3.20. The van der Waals surface area contributed by atoms with Crippen molar-refractivity contribution in [3.63, 3.8) is 0 Å². The first kappa shape index (κ1) is 28.3. The van der Waals surface area contributed by atoms with E-state index in [2.05, 4.69) is 10.3 Å². The Morgan fingerprint density at radius 1 is 1.24 bits per heavy atom. The maximum Gasteiger partial charge on any atom is 0.313 e. The number of H-pyrrole nitrogens is 1. The molecule has 0 aliphatic heterocycles. The molecule has 1 aromatic carbocycles. The molecule has 9 nitrogen and oxygen atoms in total. The Labute approximate surface area is 219 Å².